The first-order valence-corrected chi connectivity index (χ1v) is 10.3. The first-order valence-electron chi connectivity index (χ1n) is 8.73. The van der Waals surface area contributed by atoms with E-state index >= 15 is 0 Å². The van der Waals surface area contributed by atoms with Gasteiger partial charge in [-0.2, -0.15) is 0 Å². The van der Waals surface area contributed by atoms with Crippen LogP contribution in [0.3, 0.4) is 0 Å². The molecular weight excluding hydrogens is 424 g/mol. The molecule has 0 aliphatic carbocycles. The van der Waals surface area contributed by atoms with Gasteiger partial charge in [0.2, 0.25) is 5.91 Å². The van der Waals surface area contributed by atoms with Gasteiger partial charge in [0.05, 0.1) is 21.8 Å². The van der Waals surface area contributed by atoms with Crippen molar-refractivity contribution in [3.05, 3.63) is 58.1 Å². The number of benzene rings is 2. The number of carbonyl (C=O) groups is 1. The minimum atomic E-state index is -0.205. The van der Waals surface area contributed by atoms with Crippen LogP contribution in [0.25, 0.3) is 16.3 Å². The third-order valence-corrected chi connectivity index (χ3v) is 5.98. The van der Waals surface area contributed by atoms with Crippen molar-refractivity contribution < 1.29 is 9.53 Å². The molecule has 1 atom stereocenters. The lowest BCUT2D eigenvalue weighted by Gasteiger charge is -2.07. The molecule has 1 unspecified atom stereocenters. The Bertz CT molecular complexity index is 997. The molecule has 140 valence electrons. The van der Waals surface area contributed by atoms with Crippen LogP contribution in [0.2, 0.25) is 0 Å². The Morgan fingerprint density at radius 1 is 1.33 bits per heavy atom. The molecule has 0 aliphatic rings. The Morgan fingerprint density at radius 3 is 2.85 bits per heavy atom. The van der Waals surface area contributed by atoms with E-state index in [1.165, 1.54) is 23.0 Å². The molecule has 2 aromatic carbocycles. The first kappa shape index (κ1) is 19.6. The SMILES string of the molecule is CCC(C)c1ccc2nc(NC(=O)/C=C/c3ccc(OC)c(Br)c3)sc2c1. The molecule has 3 aromatic rings. The number of methoxy groups -OCH3 is 1. The lowest BCUT2D eigenvalue weighted by atomic mass is 9.99. The maximum absolute atomic E-state index is 12.2. The molecule has 1 aromatic heterocycles. The van der Waals surface area contributed by atoms with Crippen molar-refractivity contribution in [1.29, 1.82) is 0 Å². The van der Waals surface area contributed by atoms with Gasteiger partial charge in [0, 0.05) is 6.08 Å². The van der Waals surface area contributed by atoms with Gasteiger partial charge in [0.25, 0.3) is 0 Å². The average molecular weight is 445 g/mol. The summed E-state index contributed by atoms with van der Waals surface area (Å²) in [4.78, 5) is 16.7. The number of hydrogen-bond donors (Lipinski definition) is 1. The highest BCUT2D eigenvalue weighted by Crippen LogP contribution is 2.30. The number of thiazole rings is 1. The van der Waals surface area contributed by atoms with E-state index in [-0.39, 0.29) is 5.91 Å². The number of halogens is 1. The molecule has 4 nitrogen and oxygen atoms in total. The van der Waals surface area contributed by atoms with Crippen LogP contribution in [-0.4, -0.2) is 18.0 Å². The average Bonchev–Trinajstić information content (AvgIpc) is 3.07. The van der Waals surface area contributed by atoms with Gasteiger partial charge in [0.1, 0.15) is 5.75 Å². The molecule has 1 heterocycles. The molecule has 1 amide bonds. The van der Waals surface area contributed by atoms with Gasteiger partial charge >= 0.3 is 0 Å². The topological polar surface area (TPSA) is 51.2 Å². The summed E-state index contributed by atoms with van der Waals surface area (Å²) >= 11 is 4.94. The Morgan fingerprint density at radius 2 is 2.15 bits per heavy atom. The highest BCUT2D eigenvalue weighted by Gasteiger charge is 2.09. The van der Waals surface area contributed by atoms with Crippen LogP contribution in [0.5, 0.6) is 5.75 Å². The Balaban J connectivity index is 1.71. The van der Waals surface area contributed by atoms with Gasteiger partial charge in [-0.1, -0.05) is 37.3 Å². The van der Waals surface area contributed by atoms with Crippen molar-refractivity contribution in [2.45, 2.75) is 26.2 Å². The van der Waals surface area contributed by atoms with Crippen LogP contribution in [0.4, 0.5) is 5.13 Å². The number of aromatic nitrogens is 1. The first-order chi connectivity index (χ1) is 13.0. The normalized spacial score (nSPS) is 12.4. The third kappa shape index (κ3) is 4.76. The van der Waals surface area contributed by atoms with E-state index in [9.17, 15) is 4.79 Å². The Kier molecular flexibility index (Phi) is 6.29. The monoisotopic (exact) mass is 444 g/mol. The summed E-state index contributed by atoms with van der Waals surface area (Å²) in [6, 6.07) is 11.9. The molecule has 3 rings (SSSR count). The van der Waals surface area contributed by atoms with E-state index in [2.05, 4.69) is 52.2 Å². The molecule has 6 heteroatoms. The second-order valence-electron chi connectivity index (χ2n) is 6.27. The number of nitrogens with one attached hydrogen (secondary N) is 1. The lowest BCUT2D eigenvalue weighted by Crippen LogP contribution is -2.07. The molecule has 0 bridgehead atoms. The highest BCUT2D eigenvalue weighted by atomic mass is 79.9. The van der Waals surface area contributed by atoms with Crippen molar-refractivity contribution in [2.75, 3.05) is 12.4 Å². The summed E-state index contributed by atoms with van der Waals surface area (Å²) in [5.41, 5.74) is 3.11. The zero-order valence-corrected chi connectivity index (χ0v) is 17.9. The molecule has 0 spiro atoms. The number of ether oxygens (including phenoxy) is 1. The number of nitrogens with zero attached hydrogens (tertiary/aromatic N) is 1. The quantitative estimate of drug-likeness (QED) is 0.458. The Hall–Kier alpha value is -2.18. The van der Waals surface area contributed by atoms with Crippen LogP contribution in [-0.2, 0) is 4.79 Å². The number of hydrogen-bond acceptors (Lipinski definition) is 4. The minimum Gasteiger partial charge on any atom is -0.496 e. The van der Waals surface area contributed by atoms with Crippen LogP contribution in [0.15, 0.2) is 46.9 Å². The largest absolute Gasteiger partial charge is 0.496 e. The summed E-state index contributed by atoms with van der Waals surface area (Å²) in [7, 11) is 1.62. The standard InChI is InChI=1S/C21H21BrN2O2S/c1-4-13(2)15-7-8-17-19(12-15)27-21(23-17)24-20(25)10-6-14-5-9-18(26-3)16(22)11-14/h5-13H,4H2,1-3H3,(H,23,24,25)/b10-6+. The van der Waals surface area contributed by atoms with Gasteiger partial charge in [-0.3, -0.25) is 10.1 Å². The molecule has 0 radical (unpaired) electrons. The second kappa shape index (κ2) is 8.67. The highest BCUT2D eigenvalue weighted by molar-refractivity contribution is 9.10. The molecule has 0 saturated heterocycles. The van der Waals surface area contributed by atoms with E-state index in [0.717, 1.165) is 32.4 Å². The molecule has 0 saturated carbocycles. The predicted molar refractivity (Wildman–Crippen MR) is 117 cm³/mol. The number of rotatable bonds is 6. The predicted octanol–water partition coefficient (Wildman–Crippen LogP) is 6.23. The fraction of sp³-hybridized carbons (Fsp3) is 0.238. The third-order valence-electron chi connectivity index (χ3n) is 4.43. The summed E-state index contributed by atoms with van der Waals surface area (Å²) in [5, 5.41) is 3.45. The summed E-state index contributed by atoms with van der Waals surface area (Å²) in [6.45, 7) is 4.40. The summed E-state index contributed by atoms with van der Waals surface area (Å²) in [5.74, 6) is 1.06. The number of amides is 1. The van der Waals surface area contributed by atoms with Crippen molar-refractivity contribution in [1.82, 2.24) is 4.98 Å². The maximum Gasteiger partial charge on any atom is 0.250 e. The Labute approximate surface area is 171 Å². The van der Waals surface area contributed by atoms with E-state index in [4.69, 9.17) is 4.74 Å². The number of carbonyl (C=O) groups excluding carboxylic acids is 1. The zero-order chi connectivity index (χ0) is 19.4. The van der Waals surface area contributed by atoms with Crippen LogP contribution in [0.1, 0.15) is 37.3 Å². The van der Waals surface area contributed by atoms with Crippen molar-refractivity contribution in [3.63, 3.8) is 0 Å². The van der Waals surface area contributed by atoms with Crippen molar-refractivity contribution in [2.24, 2.45) is 0 Å². The number of fused-ring (bicyclic) bond motifs is 1. The van der Waals surface area contributed by atoms with E-state index < -0.39 is 0 Å². The van der Waals surface area contributed by atoms with Crippen molar-refractivity contribution in [3.8, 4) is 5.75 Å². The van der Waals surface area contributed by atoms with Gasteiger partial charge in [-0.05, 0) is 69.7 Å². The summed E-state index contributed by atoms with van der Waals surface area (Å²) < 4.78 is 7.14. The molecule has 0 fully saturated rings. The van der Waals surface area contributed by atoms with E-state index in [0.29, 0.717) is 11.0 Å². The minimum absolute atomic E-state index is 0.205. The molecule has 27 heavy (non-hydrogen) atoms. The van der Waals surface area contributed by atoms with Gasteiger partial charge in [-0.25, -0.2) is 4.98 Å². The van der Waals surface area contributed by atoms with Gasteiger partial charge in [0.15, 0.2) is 5.13 Å². The molecule has 1 N–H and O–H groups in total. The van der Waals surface area contributed by atoms with Gasteiger partial charge < -0.3 is 4.74 Å². The van der Waals surface area contributed by atoms with E-state index in [1.807, 2.05) is 24.3 Å². The van der Waals surface area contributed by atoms with Gasteiger partial charge in [-0.15, -0.1) is 0 Å². The molecule has 0 aliphatic heterocycles. The maximum atomic E-state index is 12.2. The summed E-state index contributed by atoms with van der Waals surface area (Å²) in [6.07, 6.45) is 4.36. The van der Waals surface area contributed by atoms with E-state index in [1.54, 1.807) is 13.2 Å². The molecular formula is C21H21BrN2O2S. The lowest BCUT2D eigenvalue weighted by molar-refractivity contribution is -0.111. The number of anilines is 1. The second-order valence-corrected chi connectivity index (χ2v) is 8.16. The zero-order valence-electron chi connectivity index (χ0n) is 15.5. The van der Waals surface area contributed by atoms with Crippen LogP contribution >= 0.6 is 27.3 Å². The fourth-order valence-corrected chi connectivity index (χ4v) is 4.12. The van der Waals surface area contributed by atoms with Crippen LogP contribution in [0, 0.1) is 0 Å². The fourth-order valence-electron chi connectivity index (χ4n) is 2.64. The smallest absolute Gasteiger partial charge is 0.250 e. The van der Waals surface area contributed by atoms with Crippen molar-refractivity contribution >= 4 is 54.6 Å². The van der Waals surface area contributed by atoms with Crippen LogP contribution < -0.4 is 10.1 Å².